The molecule has 0 spiro atoms. The van der Waals surface area contributed by atoms with Gasteiger partial charge in [-0.2, -0.15) is 5.10 Å². The first-order chi connectivity index (χ1) is 12.5. The maximum atomic E-state index is 12.1. The molecule has 1 heterocycles. The van der Waals surface area contributed by atoms with Crippen molar-refractivity contribution in [3.05, 3.63) is 48.3 Å². The maximum absolute atomic E-state index is 12.1. The quantitative estimate of drug-likeness (QED) is 0.679. The molecular formula is C17H22N6O3. The first-order valence-corrected chi connectivity index (χ1v) is 8.06. The number of aromatic amines is 1. The molecule has 9 heteroatoms. The van der Waals surface area contributed by atoms with Crippen molar-refractivity contribution in [2.75, 3.05) is 39.0 Å². The number of nitrogens with one attached hydrogen (secondary N) is 3. The van der Waals surface area contributed by atoms with Crippen LogP contribution in [-0.4, -0.2) is 71.6 Å². The summed E-state index contributed by atoms with van der Waals surface area (Å²) in [5.74, 6) is -0.459. The lowest BCUT2D eigenvalue weighted by Gasteiger charge is -2.22. The summed E-state index contributed by atoms with van der Waals surface area (Å²) in [6.45, 7) is 0.570. The van der Waals surface area contributed by atoms with Crippen LogP contribution in [0.2, 0.25) is 0 Å². The molecule has 1 aromatic heterocycles. The summed E-state index contributed by atoms with van der Waals surface area (Å²) in [6, 6.07) is 10.1. The van der Waals surface area contributed by atoms with Gasteiger partial charge in [0.1, 0.15) is 5.69 Å². The zero-order valence-corrected chi connectivity index (χ0v) is 14.7. The predicted octanol–water partition coefficient (Wildman–Crippen LogP) is 0.762. The molecule has 0 unspecified atom stereocenters. The average molecular weight is 358 g/mol. The van der Waals surface area contributed by atoms with Crippen molar-refractivity contribution in [1.82, 2.24) is 25.3 Å². The van der Waals surface area contributed by atoms with Crippen LogP contribution in [-0.2, 0) is 4.79 Å². The smallest absolute Gasteiger partial charge is 0.319 e. The zero-order chi connectivity index (χ0) is 18.9. The van der Waals surface area contributed by atoms with Crippen LogP contribution in [0.1, 0.15) is 10.5 Å². The average Bonchev–Trinajstić information content (AvgIpc) is 3.18. The van der Waals surface area contributed by atoms with E-state index >= 15 is 0 Å². The van der Waals surface area contributed by atoms with E-state index in [-0.39, 0.29) is 18.4 Å². The highest BCUT2D eigenvalue weighted by Gasteiger charge is 2.15. The van der Waals surface area contributed by atoms with Crippen LogP contribution >= 0.6 is 0 Å². The summed E-state index contributed by atoms with van der Waals surface area (Å²) in [4.78, 5) is 38.9. The van der Waals surface area contributed by atoms with E-state index in [0.29, 0.717) is 24.5 Å². The summed E-state index contributed by atoms with van der Waals surface area (Å²) < 4.78 is 0. The molecule has 4 amide bonds. The molecule has 26 heavy (non-hydrogen) atoms. The molecule has 0 aliphatic carbocycles. The van der Waals surface area contributed by atoms with Crippen molar-refractivity contribution in [3.63, 3.8) is 0 Å². The fourth-order valence-electron chi connectivity index (χ4n) is 2.09. The molecule has 1 aromatic carbocycles. The van der Waals surface area contributed by atoms with Crippen LogP contribution in [0.3, 0.4) is 0 Å². The van der Waals surface area contributed by atoms with Crippen molar-refractivity contribution in [1.29, 1.82) is 0 Å². The van der Waals surface area contributed by atoms with Crippen molar-refractivity contribution in [2.24, 2.45) is 0 Å². The largest absolute Gasteiger partial charge is 0.342 e. The molecule has 0 saturated heterocycles. The van der Waals surface area contributed by atoms with Gasteiger partial charge in [0.15, 0.2) is 0 Å². The Balaban J connectivity index is 1.70. The highest BCUT2D eigenvalue weighted by molar-refractivity contribution is 5.92. The first-order valence-electron chi connectivity index (χ1n) is 8.06. The summed E-state index contributed by atoms with van der Waals surface area (Å²) in [5.41, 5.74) is 1.03. The number of benzene rings is 1. The van der Waals surface area contributed by atoms with Gasteiger partial charge in [0.05, 0.1) is 6.54 Å². The number of urea groups is 1. The molecule has 0 bridgehead atoms. The molecule has 0 aliphatic heterocycles. The molecule has 0 aliphatic rings. The fourth-order valence-corrected chi connectivity index (χ4v) is 2.09. The van der Waals surface area contributed by atoms with Crippen LogP contribution in [0, 0.1) is 0 Å². The highest BCUT2D eigenvalue weighted by atomic mass is 16.2. The van der Waals surface area contributed by atoms with Gasteiger partial charge < -0.3 is 20.4 Å². The minimum Gasteiger partial charge on any atom is -0.342 e. The SMILES string of the molecule is CN(CCN(C)C(=O)c1ccn[nH]1)C(=O)CNC(=O)Nc1ccccc1. The molecule has 138 valence electrons. The van der Waals surface area contributed by atoms with E-state index in [2.05, 4.69) is 20.8 Å². The van der Waals surface area contributed by atoms with E-state index in [9.17, 15) is 14.4 Å². The number of aromatic nitrogens is 2. The van der Waals surface area contributed by atoms with Crippen molar-refractivity contribution < 1.29 is 14.4 Å². The Kier molecular flexibility index (Phi) is 6.72. The second-order valence-corrected chi connectivity index (χ2v) is 5.69. The monoisotopic (exact) mass is 358 g/mol. The number of para-hydroxylation sites is 1. The lowest BCUT2D eigenvalue weighted by atomic mass is 10.3. The summed E-state index contributed by atoms with van der Waals surface area (Å²) >= 11 is 0. The van der Waals surface area contributed by atoms with E-state index in [1.807, 2.05) is 6.07 Å². The summed E-state index contributed by atoms with van der Waals surface area (Å²) in [6.07, 6.45) is 1.50. The second-order valence-electron chi connectivity index (χ2n) is 5.69. The second kappa shape index (κ2) is 9.21. The van der Waals surface area contributed by atoms with Crippen molar-refractivity contribution >= 4 is 23.5 Å². The maximum Gasteiger partial charge on any atom is 0.319 e. The fraction of sp³-hybridized carbons (Fsp3) is 0.294. The normalized spacial score (nSPS) is 10.1. The van der Waals surface area contributed by atoms with E-state index in [4.69, 9.17) is 0 Å². The van der Waals surface area contributed by atoms with Gasteiger partial charge in [0.2, 0.25) is 5.91 Å². The van der Waals surface area contributed by atoms with Gasteiger partial charge in [-0.1, -0.05) is 18.2 Å². The molecule has 0 fully saturated rings. The van der Waals surface area contributed by atoms with Gasteiger partial charge in [0, 0.05) is 39.1 Å². The number of H-pyrrole nitrogens is 1. The Morgan fingerprint density at radius 1 is 1.04 bits per heavy atom. The van der Waals surface area contributed by atoms with Gasteiger partial charge in [-0.15, -0.1) is 0 Å². The van der Waals surface area contributed by atoms with E-state index < -0.39 is 6.03 Å². The molecule has 0 atom stereocenters. The van der Waals surface area contributed by atoms with E-state index in [0.717, 1.165) is 0 Å². The number of hydrogen-bond donors (Lipinski definition) is 3. The van der Waals surface area contributed by atoms with E-state index in [1.54, 1.807) is 44.4 Å². The van der Waals surface area contributed by atoms with Gasteiger partial charge >= 0.3 is 6.03 Å². The summed E-state index contributed by atoms with van der Waals surface area (Å²) in [5, 5.41) is 11.5. The number of carbonyl (C=O) groups is 3. The van der Waals surface area contributed by atoms with Crippen molar-refractivity contribution in [2.45, 2.75) is 0 Å². The Hall–Kier alpha value is -3.36. The van der Waals surface area contributed by atoms with Gasteiger partial charge in [0.25, 0.3) is 5.91 Å². The third-order valence-electron chi connectivity index (χ3n) is 3.71. The van der Waals surface area contributed by atoms with Crippen LogP contribution in [0.5, 0.6) is 0 Å². The Labute approximate surface area is 151 Å². The number of nitrogens with zero attached hydrogens (tertiary/aromatic N) is 3. The van der Waals surface area contributed by atoms with Gasteiger partial charge in [-0.3, -0.25) is 14.7 Å². The Morgan fingerprint density at radius 2 is 1.73 bits per heavy atom. The Morgan fingerprint density at radius 3 is 2.38 bits per heavy atom. The number of likely N-dealkylation sites (N-methyl/N-ethyl adjacent to an activating group) is 2. The predicted molar refractivity (Wildman–Crippen MR) is 96.6 cm³/mol. The van der Waals surface area contributed by atoms with Crippen LogP contribution < -0.4 is 10.6 Å². The Bertz CT molecular complexity index is 732. The first kappa shape index (κ1) is 19.0. The molecule has 9 nitrogen and oxygen atoms in total. The number of carbonyl (C=O) groups excluding carboxylic acids is 3. The number of hydrogen-bond acceptors (Lipinski definition) is 4. The van der Waals surface area contributed by atoms with E-state index in [1.165, 1.54) is 16.0 Å². The zero-order valence-electron chi connectivity index (χ0n) is 14.7. The minimum atomic E-state index is -0.454. The van der Waals surface area contributed by atoms with Crippen LogP contribution in [0.25, 0.3) is 0 Å². The molecule has 2 aromatic rings. The number of amides is 4. The molecule has 0 saturated carbocycles. The number of rotatable bonds is 7. The lowest BCUT2D eigenvalue weighted by Crippen LogP contribution is -2.43. The topological polar surface area (TPSA) is 110 Å². The third-order valence-corrected chi connectivity index (χ3v) is 3.71. The highest BCUT2D eigenvalue weighted by Crippen LogP contribution is 2.04. The van der Waals surface area contributed by atoms with Gasteiger partial charge in [-0.25, -0.2) is 4.79 Å². The molecular weight excluding hydrogens is 336 g/mol. The van der Waals surface area contributed by atoms with Crippen LogP contribution in [0.15, 0.2) is 42.6 Å². The van der Waals surface area contributed by atoms with Gasteiger partial charge in [-0.05, 0) is 18.2 Å². The molecule has 0 radical (unpaired) electrons. The summed E-state index contributed by atoms with van der Waals surface area (Å²) in [7, 11) is 3.26. The number of anilines is 1. The third kappa shape index (κ3) is 5.62. The standard InChI is InChI=1S/C17H22N6O3/c1-22(10-11-23(2)16(25)14-8-9-19-21-14)15(24)12-18-17(26)20-13-6-4-3-5-7-13/h3-9H,10-12H2,1-2H3,(H,19,21)(H2,18,20,26). The minimum absolute atomic E-state index is 0.132. The lowest BCUT2D eigenvalue weighted by molar-refractivity contribution is -0.128. The molecule has 2 rings (SSSR count). The van der Waals surface area contributed by atoms with Crippen LogP contribution in [0.4, 0.5) is 10.5 Å². The van der Waals surface area contributed by atoms with Crippen molar-refractivity contribution in [3.8, 4) is 0 Å². The molecule has 3 N–H and O–H groups in total.